The number of anilines is 1. The number of likely N-dealkylation sites (tertiary alicyclic amines) is 1. The maximum atomic E-state index is 14.9. The van der Waals surface area contributed by atoms with Crippen LogP contribution in [0.4, 0.5) is 27.9 Å². The molecule has 202 valence electrons. The summed E-state index contributed by atoms with van der Waals surface area (Å²) in [6, 6.07) is 2.84. The smallest absolute Gasteiger partial charge is 0.410 e. The van der Waals surface area contributed by atoms with Crippen molar-refractivity contribution in [1.29, 1.82) is 0 Å². The van der Waals surface area contributed by atoms with Crippen LogP contribution in [0.5, 0.6) is 5.88 Å². The second-order valence-corrected chi connectivity index (χ2v) is 8.90. The molecule has 1 amide bonds. The summed E-state index contributed by atoms with van der Waals surface area (Å²) in [6.45, 7) is -3.35. The highest BCUT2D eigenvalue weighted by atomic mass is 19.4. The number of ether oxygens (including phenoxy) is 1. The van der Waals surface area contributed by atoms with Crippen LogP contribution in [0.25, 0.3) is 27.7 Å². The minimum atomic E-state index is -4.54. The Balaban J connectivity index is 1.45. The summed E-state index contributed by atoms with van der Waals surface area (Å²) in [5, 5.41) is 14.3. The molecule has 4 aromatic rings. The van der Waals surface area contributed by atoms with Gasteiger partial charge < -0.3 is 15.0 Å². The molecule has 3 aromatic heterocycles. The number of nitrogens with zero attached hydrogens (tertiary/aromatic N) is 7. The van der Waals surface area contributed by atoms with Crippen LogP contribution in [0.3, 0.4) is 0 Å². The van der Waals surface area contributed by atoms with Crippen LogP contribution in [0.2, 0.25) is 0 Å². The van der Waals surface area contributed by atoms with E-state index < -0.39 is 43.5 Å². The zero-order chi connectivity index (χ0) is 29.9. The van der Waals surface area contributed by atoms with Crippen molar-refractivity contribution in [2.75, 3.05) is 25.5 Å². The Morgan fingerprint density at radius 3 is 2.79 bits per heavy atom. The number of methoxy groups -OCH3 is 1. The molecule has 0 bridgehead atoms. The highest BCUT2D eigenvalue weighted by molar-refractivity contribution is 5.89. The van der Waals surface area contributed by atoms with Gasteiger partial charge in [-0.05, 0) is 37.1 Å². The van der Waals surface area contributed by atoms with Crippen molar-refractivity contribution in [2.45, 2.75) is 44.4 Å². The third-order valence-corrected chi connectivity index (χ3v) is 6.48. The average Bonchev–Trinajstić information content (AvgIpc) is 3.51. The highest BCUT2D eigenvalue weighted by Gasteiger charge is 2.46. The zero-order valence-electron chi connectivity index (χ0n) is 23.0. The monoisotopic (exact) mass is 541 g/mol. The van der Waals surface area contributed by atoms with Crippen molar-refractivity contribution in [3.05, 3.63) is 30.5 Å². The Bertz CT molecular complexity index is 1620. The van der Waals surface area contributed by atoms with Crippen LogP contribution in [-0.2, 0) is 4.79 Å². The van der Waals surface area contributed by atoms with Crippen molar-refractivity contribution in [3.8, 4) is 17.0 Å². The van der Waals surface area contributed by atoms with Crippen molar-refractivity contribution in [3.63, 3.8) is 0 Å². The molecule has 0 aliphatic carbocycles. The Labute approximate surface area is 216 Å². The second kappa shape index (κ2) is 9.06. The molecule has 1 aromatic carbocycles. The molecule has 0 saturated carbocycles. The van der Waals surface area contributed by atoms with E-state index in [2.05, 4.69) is 25.7 Å². The predicted octanol–water partition coefficient (Wildman–Crippen LogP) is 3.94. The molecule has 15 heteroatoms. The summed E-state index contributed by atoms with van der Waals surface area (Å²) >= 11 is 0. The Morgan fingerprint density at radius 2 is 2.11 bits per heavy atom. The van der Waals surface area contributed by atoms with E-state index in [-0.39, 0.29) is 35.8 Å². The normalized spacial score (nSPS) is 20.1. The van der Waals surface area contributed by atoms with E-state index in [1.807, 2.05) is 0 Å². The lowest BCUT2D eigenvalue weighted by atomic mass is 10.0. The van der Waals surface area contributed by atoms with Crippen molar-refractivity contribution < 1.29 is 35.6 Å². The molecular weight excluding hydrogens is 515 g/mol. The van der Waals surface area contributed by atoms with Crippen LogP contribution in [-0.4, -0.2) is 78.7 Å². The first-order valence-corrected chi connectivity index (χ1v) is 11.4. The number of amides is 1. The predicted molar refractivity (Wildman–Crippen MR) is 126 cm³/mol. The van der Waals surface area contributed by atoms with Crippen molar-refractivity contribution in [1.82, 2.24) is 34.5 Å². The lowest BCUT2D eigenvalue weighted by Gasteiger charge is -2.38. The number of halogens is 5. The van der Waals surface area contributed by atoms with Gasteiger partial charge >= 0.3 is 6.18 Å². The number of piperidine rings is 1. The summed E-state index contributed by atoms with van der Waals surface area (Å²) < 4.78 is 99.0. The number of fused-ring (bicyclic) bond motifs is 2. The standard InChI is InChI=1S/C23H23F5N8O2/c1-12(23(26,27)28)36-17-10-14(4-5-16(17)31-33-36)15-6-9-35-19(15)20(38-3)30-21(32-35)29-18-7-8-34(13(2)37)11-22(18,24)25/h4-6,9-10,12,18H,7-8,11H2,1-3H3,(H,29,32)/t12-,18-/m1/s1/i2D3. The van der Waals surface area contributed by atoms with E-state index in [0.717, 1.165) is 11.6 Å². The van der Waals surface area contributed by atoms with Gasteiger partial charge in [-0.1, -0.05) is 11.3 Å². The van der Waals surface area contributed by atoms with Gasteiger partial charge in [0.1, 0.15) is 17.1 Å². The van der Waals surface area contributed by atoms with Gasteiger partial charge in [-0.25, -0.2) is 18.0 Å². The molecule has 0 unspecified atom stereocenters. The van der Waals surface area contributed by atoms with Crippen LogP contribution >= 0.6 is 0 Å². The molecule has 2 atom stereocenters. The number of alkyl halides is 5. The molecule has 1 fully saturated rings. The molecule has 1 aliphatic rings. The molecule has 1 aliphatic heterocycles. The summed E-state index contributed by atoms with van der Waals surface area (Å²) in [6.07, 6.45) is -3.31. The average molecular weight is 541 g/mol. The van der Waals surface area contributed by atoms with Gasteiger partial charge in [-0.3, -0.25) is 4.79 Å². The molecule has 38 heavy (non-hydrogen) atoms. The van der Waals surface area contributed by atoms with Gasteiger partial charge in [-0.15, -0.1) is 10.2 Å². The fraction of sp³-hybridized carbons (Fsp3) is 0.435. The number of aromatic nitrogens is 6. The molecule has 4 heterocycles. The van der Waals surface area contributed by atoms with E-state index in [4.69, 9.17) is 8.85 Å². The van der Waals surface area contributed by atoms with Crippen LogP contribution < -0.4 is 10.1 Å². The van der Waals surface area contributed by atoms with E-state index in [0.29, 0.717) is 21.5 Å². The molecule has 1 saturated heterocycles. The second-order valence-electron chi connectivity index (χ2n) is 8.90. The largest absolute Gasteiger partial charge is 0.479 e. The molecule has 5 rings (SSSR count). The lowest BCUT2D eigenvalue weighted by molar-refractivity contribution is -0.164. The summed E-state index contributed by atoms with van der Waals surface area (Å²) in [5.41, 5.74) is 1.71. The number of benzene rings is 1. The number of carbonyl (C=O) groups excluding carboxylic acids is 1. The van der Waals surface area contributed by atoms with E-state index in [9.17, 15) is 26.7 Å². The topological polar surface area (TPSA) is 102 Å². The zero-order valence-corrected chi connectivity index (χ0v) is 20.0. The molecule has 10 nitrogen and oxygen atoms in total. The molecule has 0 spiro atoms. The Kier molecular flexibility index (Phi) is 5.24. The molecule has 1 N–H and O–H groups in total. The lowest BCUT2D eigenvalue weighted by Crippen LogP contribution is -2.55. The SMILES string of the molecule is [2H]C([2H])([2H])C(=O)N1CC[C@@H](Nc2nc(OC)c3c(-c4ccc5nnn([C@H](C)C(F)(F)F)c5c4)ccn3n2)C(F)(F)C1. The minimum absolute atomic E-state index is 0.00350. The quantitative estimate of drug-likeness (QED) is 0.382. The third-order valence-electron chi connectivity index (χ3n) is 6.48. The van der Waals surface area contributed by atoms with Gasteiger partial charge in [0, 0.05) is 29.3 Å². The summed E-state index contributed by atoms with van der Waals surface area (Å²) in [5.74, 6) is -5.06. The number of hydrogen-bond acceptors (Lipinski definition) is 7. The van der Waals surface area contributed by atoms with E-state index >= 15 is 0 Å². The van der Waals surface area contributed by atoms with Gasteiger partial charge in [0.05, 0.1) is 25.2 Å². The number of rotatable bonds is 5. The van der Waals surface area contributed by atoms with Crippen LogP contribution in [0.15, 0.2) is 30.5 Å². The first-order valence-electron chi connectivity index (χ1n) is 12.9. The maximum Gasteiger partial charge on any atom is 0.410 e. The Hall–Kier alpha value is -4.04. The number of hydrogen-bond donors (Lipinski definition) is 1. The summed E-state index contributed by atoms with van der Waals surface area (Å²) in [4.78, 5) is 16.8. The Morgan fingerprint density at radius 1 is 1.32 bits per heavy atom. The van der Waals surface area contributed by atoms with Gasteiger partial charge in [0.15, 0.2) is 0 Å². The van der Waals surface area contributed by atoms with Gasteiger partial charge in [0.2, 0.25) is 17.7 Å². The third kappa shape index (κ3) is 4.45. The van der Waals surface area contributed by atoms with E-state index in [1.54, 1.807) is 12.1 Å². The molecule has 0 radical (unpaired) electrons. The fourth-order valence-electron chi connectivity index (χ4n) is 4.40. The number of nitrogens with one attached hydrogen (secondary N) is 1. The summed E-state index contributed by atoms with van der Waals surface area (Å²) in [7, 11) is 1.31. The first kappa shape index (κ1) is 22.0. The minimum Gasteiger partial charge on any atom is -0.479 e. The van der Waals surface area contributed by atoms with Crippen molar-refractivity contribution in [2.24, 2.45) is 0 Å². The fourth-order valence-corrected chi connectivity index (χ4v) is 4.40. The van der Waals surface area contributed by atoms with Gasteiger partial charge in [0.25, 0.3) is 5.92 Å². The first-order chi connectivity index (χ1) is 19.1. The van der Waals surface area contributed by atoms with Crippen LogP contribution in [0.1, 0.15) is 30.4 Å². The van der Waals surface area contributed by atoms with Crippen molar-refractivity contribution >= 4 is 28.4 Å². The van der Waals surface area contributed by atoms with Crippen LogP contribution in [0, 0.1) is 0 Å². The number of carbonyl (C=O) groups is 1. The van der Waals surface area contributed by atoms with E-state index in [1.165, 1.54) is 30.0 Å². The molecular formula is C23H23F5N8O2. The maximum absolute atomic E-state index is 14.9. The van der Waals surface area contributed by atoms with Gasteiger partial charge in [-0.2, -0.15) is 18.2 Å². The highest BCUT2D eigenvalue weighted by Crippen LogP contribution is 2.36.